The van der Waals surface area contributed by atoms with E-state index in [1.807, 2.05) is 30.3 Å². The monoisotopic (exact) mass is 343 g/mol. The number of aliphatic hydroxyl groups excluding tert-OH is 1. The van der Waals surface area contributed by atoms with Crippen molar-refractivity contribution < 1.29 is 5.11 Å². The van der Waals surface area contributed by atoms with Gasteiger partial charge in [-0.1, -0.05) is 30.3 Å². The zero-order valence-electron chi connectivity index (χ0n) is 14.8. The Balaban J connectivity index is 1.64. The lowest BCUT2D eigenvalue weighted by Gasteiger charge is -2.34. The third-order valence-corrected chi connectivity index (χ3v) is 5.23. The molecule has 2 heterocycles. The maximum atomic E-state index is 12.0. The van der Waals surface area contributed by atoms with Gasteiger partial charge in [0.2, 0.25) is 0 Å². The van der Waals surface area contributed by atoms with Gasteiger partial charge in [-0.05, 0) is 37.4 Å². The summed E-state index contributed by atoms with van der Waals surface area (Å²) in [7, 11) is 3.19. The van der Waals surface area contributed by atoms with Gasteiger partial charge in [0.05, 0.1) is 6.10 Å². The Kier molecular flexibility index (Phi) is 5.20. The number of hydrogen-bond donors (Lipinski definition) is 1. The Hall–Kier alpha value is -2.18. The maximum Gasteiger partial charge on any atom is 0.330 e. The average molecular weight is 343 g/mol. The normalized spacial score (nSPS) is 17.6. The molecule has 2 aromatic rings. The Labute approximate surface area is 147 Å². The molecule has 134 valence electrons. The number of rotatable bonds is 4. The lowest BCUT2D eigenvalue weighted by molar-refractivity contribution is 0.0560. The second kappa shape index (κ2) is 7.37. The SMILES string of the molecule is Cn1c(CN2CCC([C@@H](O)c3ccccc3)CC2)cc(=O)n(C)c1=O. The van der Waals surface area contributed by atoms with E-state index in [-0.39, 0.29) is 17.2 Å². The quantitative estimate of drug-likeness (QED) is 0.900. The summed E-state index contributed by atoms with van der Waals surface area (Å²) in [6, 6.07) is 11.3. The zero-order chi connectivity index (χ0) is 18.0. The molecule has 1 aromatic carbocycles. The Morgan fingerprint density at radius 3 is 2.36 bits per heavy atom. The summed E-state index contributed by atoms with van der Waals surface area (Å²) < 4.78 is 2.65. The van der Waals surface area contributed by atoms with E-state index >= 15 is 0 Å². The van der Waals surface area contributed by atoms with Crippen molar-refractivity contribution in [3.63, 3.8) is 0 Å². The van der Waals surface area contributed by atoms with Crippen LogP contribution < -0.4 is 11.2 Å². The first-order chi connectivity index (χ1) is 12.0. The van der Waals surface area contributed by atoms with Crippen molar-refractivity contribution in [2.24, 2.45) is 20.0 Å². The summed E-state index contributed by atoms with van der Waals surface area (Å²) in [6.45, 7) is 2.27. The number of nitrogens with zero attached hydrogens (tertiary/aromatic N) is 3. The topological polar surface area (TPSA) is 67.5 Å². The Bertz CT molecular complexity index is 833. The molecule has 0 unspecified atom stereocenters. The fourth-order valence-electron chi connectivity index (χ4n) is 3.51. The third-order valence-electron chi connectivity index (χ3n) is 5.23. The second-order valence-corrected chi connectivity index (χ2v) is 6.84. The van der Waals surface area contributed by atoms with E-state index in [9.17, 15) is 14.7 Å². The van der Waals surface area contributed by atoms with Crippen molar-refractivity contribution in [3.8, 4) is 0 Å². The molecule has 1 fully saturated rings. The molecule has 0 aliphatic carbocycles. The lowest BCUT2D eigenvalue weighted by Crippen LogP contribution is -2.41. The molecule has 3 rings (SSSR count). The average Bonchev–Trinajstić information content (AvgIpc) is 2.65. The van der Waals surface area contributed by atoms with E-state index in [2.05, 4.69) is 4.90 Å². The van der Waals surface area contributed by atoms with Crippen LogP contribution in [0.3, 0.4) is 0 Å². The molecule has 1 aliphatic heterocycles. The highest BCUT2D eigenvalue weighted by Crippen LogP contribution is 2.30. The van der Waals surface area contributed by atoms with Crippen LogP contribution in [0.5, 0.6) is 0 Å². The first-order valence-electron chi connectivity index (χ1n) is 8.68. The van der Waals surface area contributed by atoms with Gasteiger partial charge in [-0.3, -0.25) is 18.8 Å². The van der Waals surface area contributed by atoms with Crippen LogP contribution in [0.1, 0.15) is 30.2 Å². The first-order valence-corrected chi connectivity index (χ1v) is 8.68. The lowest BCUT2D eigenvalue weighted by atomic mass is 9.87. The van der Waals surface area contributed by atoms with Crippen molar-refractivity contribution in [3.05, 3.63) is 68.5 Å². The van der Waals surface area contributed by atoms with Gasteiger partial charge in [0, 0.05) is 32.4 Å². The predicted molar refractivity (Wildman–Crippen MR) is 96.3 cm³/mol. The molecule has 0 saturated carbocycles. The number of benzene rings is 1. The minimum atomic E-state index is -0.434. The second-order valence-electron chi connectivity index (χ2n) is 6.84. The fraction of sp³-hybridized carbons (Fsp3) is 0.474. The largest absolute Gasteiger partial charge is 0.388 e. The Morgan fingerprint density at radius 2 is 1.72 bits per heavy atom. The molecule has 6 nitrogen and oxygen atoms in total. The maximum absolute atomic E-state index is 12.0. The summed E-state index contributed by atoms with van der Waals surface area (Å²) in [5.74, 6) is 0.242. The summed E-state index contributed by atoms with van der Waals surface area (Å²) >= 11 is 0. The predicted octanol–water partition coefficient (Wildman–Crippen LogP) is 1.03. The van der Waals surface area contributed by atoms with Gasteiger partial charge >= 0.3 is 5.69 Å². The molecule has 1 saturated heterocycles. The van der Waals surface area contributed by atoms with Crippen molar-refractivity contribution in [2.45, 2.75) is 25.5 Å². The van der Waals surface area contributed by atoms with E-state index in [1.165, 1.54) is 17.7 Å². The molecule has 1 N–H and O–H groups in total. The van der Waals surface area contributed by atoms with Crippen LogP contribution >= 0.6 is 0 Å². The molecular weight excluding hydrogens is 318 g/mol. The highest BCUT2D eigenvalue weighted by molar-refractivity contribution is 5.18. The summed E-state index contributed by atoms with van der Waals surface area (Å²) in [5.41, 5.74) is 1.13. The van der Waals surface area contributed by atoms with E-state index in [4.69, 9.17) is 0 Å². The van der Waals surface area contributed by atoms with Crippen LogP contribution in [0.15, 0.2) is 46.0 Å². The van der Waals surface area contributed by atoms with E-state index in [1.54, 1.807) is 7.05 Å². The molecule has 0 spiro atoms. The molecule has 6 heteroatoms. The van der Waals surface area contributed by atoms with Gasteiger partial charge in [0.15, 0.2) is 0 Å². The van der Waals surface area contributed by atoms with Crippen molar-refractivity contribution in [1.82, 2.24) is 14.0 Å². The fourth-order valence-corrected chi connectivity index (χ4v) is 3.51. The van der Waals surface area contributed by atoms with Gasteiger partial charge in [0.25, 0.3) is 5.56 Å². The summed E-state index contributed by atoms with van der Waals surface area (Å²) in [5, 5.41) is 10.6. The number of hydrogen-bond acceptors (Lipinski definition) is 4. The molecule has 0 amide bonds. The molecule has 1 aliphatic rings. The zero-order valence-corrected chi connectivity index (χ0v) is 14.8. The van der Waals surface area contributed by atoms with Crippen molar-refractivity contribution >= 4 is 0 Å². The van der Waals surface area contributed by atoms with Crippen LogP contribution in [0.4, 0.5) is 0 Å². The van der Waals surface area contributed by atoms with E-state index in [0.29, 0.717) is 6.54 Å². The molecule has 0 bridgehead atoms. The third kappa shape index (κ3) is 3.75. The number of aliphatic hydroxyl groups is 1. The highest BCUT2D eigenvalue weighted by atomic mass is 16.3. The minimum absolute atomic E-state index is 0.242. The minimum Gasteiger partial charge on any atom is -0.388 e. The van der Waals surface area contributed by atoms with Crippen LogP contribution in [0.25, 0.3) is 0 Å². The van der Waals surface area contributed by atoms with Crippen LogP contribution in [0, 0.1) is 5.92 Å². The van der Waals surface area contributed by atoms with Gasteiger partial charge in [-0.2, -0.15) is 0 Å². The van der Waals surface area contributed by atoms with Crippen molar-refractivity contribution in [1.29, 1.82) is 0 Å². The molecule has 25 heavy (non-hydrogen) atoms. The highest BCUT2D eigenvalue weighted by Gasteiger charge is 2.26. The van der Waals surface area contributed by atoms with E-state index < -0.39 is 6.10 Å². The number of likely N-dealkylation sites (tertiary alicyclic amines) is 1. The number of aromatic nitrogens is 2. The molecule has 1 aromatic heterocycles. The summed E-state index contributed by atoms with van der Waals surface area (Å²) in [6.07, 6.45) is 1.36. The van der Waals surface area contributed by atoms with Gasteiger partial charge in [-0.15, -0.1) is 0 Å². The molecule has 1 atom stereocenters. The van der Waals surface area contributed by atoms with Gasteiger partial charge in [-0.25, -0.2) is 4.79 Å². The first kappa shape index (κ1) is 17.6. The van der Waals surface area contributed by atoms with Crippen LogP contribution in [0.2, 0.25) is 0 Å². The number of piperidine rings is 1. The van der Waals surface area contributed by atoms with Crippen LogP contribution in [-0.2, 0) is 20.6 Å². The van der Waals surface area contributed by atoms with Gasteiger partial charge in [0.1, 0.15) is 0 Å². The van der Waals surface area contributed by atoms with E-state index in [0.717, 1.165) is 41.8 Å². The van der Waals surface area contributed by atoms with Gasteiger partial charge < -0.3 is 5.11 Å². The molecular formula is C19H25N3O3. The summed E-state index contributed by atoms with van der Waals surface area (Å²) in [4.78, 5) is 26.1. The Morgan fingerprint density at radius 1 is 1.08 bits per heavy atom. The van der Waals surface area contributed by atoms with Crippen LogP contribution in [-0.4, -0.2) is 32.2 Å². The standard InChI is InChI=1S/C19H25N3O3/c1-20-16(12-17(23)21(2)19(20)25)13-22-10-8-15(9-11-22)18(24)14-6-4-3-5-7-14/h3-7,12,15,18,24H,8-11,13H2,1-2H3/t18-/m0/s1. The molecule has 0 radical (unpaired) electrons. The smallest absolute Gasteiger partial charge is 0.330 e. The van der Waals surface area contributed by atoms with Crippen molar-refractivity contribution in [2.75, 3.05) is 13.1 Å².